The number of carbonyl (C=O) groups is 1. The Labute approximate surface area is 139 Å². The van der Waals surface area contributed by atoms with Crippen molar-refractivity contribution in [3.05, 3.63) is 18.2 Å². The molecule has 2 rings (SSSR count). The maximum atomic E-state index is 12.2. The average Bonchev–Trinajstić information content (AvgIpc) is 2.79. The number of carbonyl (C=O) groups excluding carboxylic acids is 1. The molecule has 0 spiro atoms. The zero-order valence-corrected chi connectivity index (χ0v) is 14.8. The summed E-state index contributed by atoms with van der Waals surface area (Å²) in [7, 11) is 0. The third kappa shape index (κ3) is 5.53. The number of amides is 1. The molecule has 6 heteroatoms. The number of likely N-dealkylation sites (tertiary alicyclic amines) is 1. The number of hydrogen-bond acceptors (Lipinski definition) is 4. The molecule has 0 bridgehead atoms. The van der Waals surface area contributed by atoms with Crippen molar-refractivity contribution in [2.45, 2.75) is 71.7 Å². The van der Waals surface area contributed by atoms with Crippen LogP contribution in [0.15, 0.2) is 12.5 Å². The molecular weight excluding hydrogens is 292 g/mol. The molecule has 1 amide bonds. The molecular formula is C17H30N4O2. The van der Waals surface area contributed by atoms with Gasteiger partial charge < -0.3 is 19.5 Å². The summed E-state index contributed by atoms with van der Waals surface area (Å²) in [6.45, 7) is 11.1. The predicted octanol–water partition coefficient (Wildman–Crippen LogP) is 2.78. The normalized spacial score (nSPS) is 19.5. The molecule has 1 fully saturated rings. The van der Waals surface area contributed by atoms with Crippen LogP contribution < -0.4 is 5.32 Å². The number of nitrogens with zero attached hydrogens (tertiary/aromatic N) is 3. The second kappa shape index (κ2) is 7.81. The summed E-state index contributed by atoms with van der Waals surface area (Å²) in [5.74, 6) is 0. The van der Waals surface area contributed by atoms with Gasteiger partial charge in [0.1, 0.15) is 5.60 Å². The van der Waals surface area contributed by atoms with E-state index in [9.17, 15) is 4.79 Å². The fraction of sp³-hybridized carbons (Fsp3) is 0.765. The Morgan fingerprint density at radius 1 is 1.39 bits per heavy atom. The maximum absolute atomic E-state index is 12.2. The lowest BCUT2D eigenvalue weighted by Crippen LogP contribution is -2.38. The fourth-order valence-electron chi connectivity index (χ4n) is 2.84. The van der Waals surface area contributed by atoms with Crippen LogP contribution in [0, 0.1) is 0 Å². The molecule has 0 saturated carbocycles. The molecule has 1 aliphatic heterocycles. The van der Waals surface area contributed by atoms with Gasteiger partial charge in [-0.05, 0) is 47.0 Å². The molecule has 6 nitrogen and oxygen atoms in total. The van der Waals surface area contributed by atoms with Gasteiger partial charge in [-0.25, -0.2) is 9.78 Å². The van der Waals surface area contributed by atoms with Crippen LogP contribution in [-0.2, 0) is 17.8 Å². The average molecular weight is 322 g/mol. The highest BCUT2D eigenvalue weighted by molar-refractivity contribution is 5.68. The summed E-state index contributed by atoms with van der Waals surface area (Å²) >= 11 is 0. The van der Waals surface area contributed by atoms with E-state index in [1.54, 1.807) is 0 Å². The summed E-state index contributed by atoms with van der Waals surface area (Å²) in [5.41, 5.74) is 0.778. The summed E-state index contributed by atoms with van der Waals surface area (Å²) in [6, 6.07) is 0.433. The monoisotopic (exact) mass is 322 g/mol. The minimum atomic E-state index is -0.431. The number of nitrogens with one attached hydrogen (secondary N) is 1. The molecule has 0 radical (unpaired) electrons. The Kier molecular flexibility index (Phi) is 6.04. The second-order valence-corrected chi connectivity index (χ2v) is 7.15. The van der Waals surface area contributed by atoms with Gasteiger partial charge in [0.2, 0.25) is 0 Å². The van der Waals surface area contributed by atoms with Crippen molar-refractivity contribution in [3.8, 4) is 0 Å². The Hall–Kier alpha value is -1.56. The van der Waals surface area contributed by atoms with Gasteiger partial charge in [-0.2, -0.15) is 0 Å². The van der Waals surface area contributed by atoms with Crippen molar-refractivity contribution < 1.29 is 9.53 Å². The molecule has 2 heterocycles. The third-order valence-electron chi connectivity index (χ3n) is 4.09. The van der Waals surface area contributed by atoms with E-state index >= 15 is 0 Å². The van der Waals surface area contributed by atoms with Gasteiger partial charge in [0.25, 0.3) is 0 Å². The van der Waals surface area contributed by atoms with Gasteiger partial charge in [0.15, 0.2) is 0 Å². The van der Waals surface area contributed by atoms with E-state index in [4.69, 9.17) is 4.74 Å². The van der Waals surface area contributed by atoms with Gasteiger partial charge in [-0.1, -0.05) is 0 Å². The highest BCUT2D eigenvalue weighted by Crippen LogP contribution is 2.16. The molecule has 1 atom stereocenters. The third-order valence-corrected chi connectivity index (χ3v) is 4.09. The number of aromatic nitrogens is 2. The minimum absolute atomic E-state index is 0.192. The van der Waals surface area contributed by atoms with Gasteiger partial charge in [0, 0.05) is 38.4 Å². The molecule has 0 aromatic carbocycles. The maximum Gasteiger partial charge on any atom is 0.410 e. The van der Waals surface area contributed by atoms with E-state index in [1.807, 2.05) is 38.2 Å². The van der Waals surface area contributed by atoms with Crippen LogP contribution in [0.5, 0.6) is 0 Å². The van der Waals surface area contributed by atoms with Crippen molar-refractivity contribution in [1.29, 1.82) is 0 Å². The first-order valence-corrected chi connectivity index (χ1v) is 8.59. The first kappa shape index (κ1) is 17.8. The quantitative estimate of drug-likeness (QED) is 0.926. The van der Waals surface area contributed by atoms with Crippen LogP contribution in [0.2, 0.25) is 0 Å². The van der Waals surface area contributed by atoms with Crippen molar-refractivity contribution in [2.75, 3.05) is 13.1 Å². The number of imidazole rings is 1. The Morgan fingerprint density at radius 2 is 2.17 bits per heavy atom. The summed E-state index contributed by atoms with van der Waals surface area (Å²) in [4.78, 5) is 18.2. The van der Waals surface area contributed by atoms with Crippen LogP contribution in [0.3, 0.4) is 0 Å². The number of aryl methyl sites for hydroxylation is 1. The predicted molar refractivity (Wildman–Crippen MR) is 90.2 cm³/mol. The Morgan fingerprint density at radius 3 is 2.87 bits per heavy atom. The summed E-state index contributed by atoms with van der Waals surface area (Å²) in [5, 5.41) is 3.61. The number of hydrogen-bond donors (Lipinski definition) is 1. The zero-order valence-electron chi connectivity index (χ0n) is 14.8. The highest BCUT2D eigenvalue weighted by Gasteiger charge is 2.25. The van der Waals surface area contributed by atoms with E-state index < -0.39 is 5.60 Å². The van der Waals surface area contributed by atoms with E-state index in [1.165, 1.54) is 5.69 Å². The largest absolute Gasteiger partial charge is 0.444 e. The van der Waals surface area contributed by atoms with Gasteiger partial charge in [-0.3, -0.25) is 0 Å². The topological polar surface area (TPSA) is 59.4 Å². The Bertz CT molecular complexity index is 507. The first-order valence-electron chi connectivity index (χ1n) is 8.59. The van der Waals surface area contributed by atoms with Gasteiger partial charge >= 0.3 is 6.09 Å². The van der Waals surface area contributed by atoms with Crippen LogP contribution in [-0.4, -0.2) is 45.3 Å². The molecule has 1 aliphatic rings. The standard InChI is InChI=1S/C17H30N4O2/c1-5-20-13-18-11-15(20)12-19-14-7-6-9-21(10-8-14)16(22)23-17(2,3)4/h11,13-14,19H,5-10,12H2,1-4H3. The molecule has 130 valence electrons. The van der Waals surface area contributed by atoms with E-state index in [2.05, 4.69) is 21.8 Å². The lowest BCUT2D eigenvalue weighted by Gasteiger charge is -2.26. The number of ether oxygens (including phenoxy) is 1. The van der Waals surface area contributed by atoms with Crippen molar-refractivity contribution >= 4 is 6.09 Å². The molecule has 1 saturated heterocycles. The van der Waals surface area contributed by atoms with Crippen molar-refractivity contribution in [3.63, 3.8) is 0 Å². The van der Waals surface area contributed by atoms with Crippen molar-refractivity contribution in [2.24, 2.45) is 0 Å². The fourth-order valence-corrected chi connectivity index (χ4v) is 2.84. The van der Waals surface area contributed by atoms with E-state index in [-0.39, 0.29) is 6.09 Å². The zero-order chi connectivity index (χ0) is 16.9. The van der Waals surface area contributed by atoms with Crippen LogP contribution in [0.25, 0.3) is 0 Å². The molecule has 1 unspecified atom stereocenters. The summed E-state index contributed by atoms with van der Waals surface area (Å²) in [6.07, 6.45) is 6.64. The van der Waals surface area contributed by atoms with E-state index in [0.29, 0.717) is 6.04 Å². The lowest BCUT2D eigenvalue weighted by atomic mass is 10.1. The minimum Gasteiger partial charge on any atom is -0.444 e. The number of rotatable bonds is 4. The second-order valence-electron chi connectivity index (χ2n) is 7.15. The van der Waals surface area contributed by atoms with Crippen LogP contribution >= 0.6 is 0 Å². The van der Waals surface area contributed by atoms with E-state index in [0.717, 1.165) is 45.4 Å². The molecule has 1 aromatic heterocycles. The molecule has 23 heavy (non-hydrogen) atoms. The van der Waals surface area contributed by atoms with Crippen molar-refractivity contribution in [1.82, 2.24) is 19.8 Å². The SMILES string of the molecule is CCn1cncc1CNC1CCCN(C(=O)OC(C)(C)C)CC1. The molecule has 0 aliphatic carbocycles. The van der Waals surface area contributed by atoms with Gasteiger partial charge in [0.05, 0.1) is 12.0 Å². The summed E-state index contributed by atoms with van der Waals surface area (Å²) < 4.78 is 7.62. The van der Waals surface area contributed by atoms with Crippen LogP contribution in [0.1, 0.15) is 52.7 Å². The first-order chi connectivity index (χ1) is 10.9. The smallest absolute Gasteiger partial charge is 0.410 e. The highest BCUT2D eigenvalue weighted by atomic mass is 16.6. The Balaban J connectivity index is 1.81. The molecule has 1 N–H and O–H groups in total. The molecule has 1 aromatic rings. The van der Waals surface area contributed by atoms with Gasteiger partial charge in [-0.15, -0.1) is 0 Å². The van der Waals surface area contributed by atoms with Crippen LogP contribution in [0.4, 0.5) is 4.79 Å². The lowest BCUT2D eigenvalue weighted by molar-refractivity contribution is 0.0256.